The molecule has 1 aromatic carbocycles. The van der Waals surface area contributed by atoms with Gasteiger partial charge in [0.1, 0.15) is 0 Å². The quantitative estimate of drug-likeness (QED) is 0.682. The van der Waals surface area contributed by atoms with Gasteiger partial charge in [-0.2, -0.15) is 0 Å². The van der Waals surface area contributed by atoms with Crippen LogP contribution in [0, 0.1) is 3.57 Å². The van der Waals surface area contributed by atoms with Crippen LogP contribution in [0.3, 0.4) is 0 Å². The molecule has 2 N–H and O–H groups in total. The molecule has 1 aromatic heterocycles. The topological polar surface area (TPSA) is 26.0 Å². The predicted octanol–water partition coefficient (Wildman–Crippen LogP) is 4.82. The van der Waals surface area contributed by atoms with Gasteiger partial charge >= 0.3 is 0 Å². The number of nitrogens with two attached hydrogens (primary N) is 1. The van der Waals surface area contributed by atoms with Crippen molar-refractivity contribution in [2.24, 2.45) is 5.73 Å². The van der Waals surface area contributed by atoms with Gasteiger partial charge in [-0.25, -0.2) is 0 Å². The Bertz CT molecular complexity index is 514. The van der Waals surface area contributed by atoms with Crippen LogP contribution in [0.25, 0.3) is 0 Å². The molecule has 0 amide bonds. The Balaban J connectivity index is 2.33. The summed E-state index contributed by atoms with van der Waals surface area (Å²) in [6.45, 7) is 0. The standard InChI is InChI=1S/C11H8BrClINS/c12-10-4-3-9(16-10)11(15)6-1-2-8(14)7(13)5-6/h1-5,11H,15H2. The van der Waals surface area contributed by atoms with E-state index in [0.29, 0.717) is 0 Å². The highest BCUT2D eigenvalue weighted by atomic mass is 127. The summed E-state index contributed by atoms with van der Waals surface area (Å²) in [6.07, 6.45) is 0. The fourth-order valence-corrected chi connectivity index (χ4v) is 3.34. The second kappa shape index (κ2) is 5.35. The van der Waals surface area contributed by atoms with Gasteiger partial charge in [0.2, 0.25) is 0 Å². The van der Waals surface area contributed by atoms with Crippen molar-refractivity contribution in [3.63, 3.8) is 0 Å². The van der Waals surface area contributed by atoms with Gasteiger partial charge in [-0.1, -0.05) is 17.7 Å². The molecule has 5 heteroatoms. The molecule has 0 radical (unpaired) electrons. The molecular weight excluding hydrogens is 420 g/mol. The highest BCUT2D eigenvalue weighted by Gasteiger charge is 2.12. The van der Waals surface area contributed by atoms with Crippen LogP contribution < -0.4 is 5.73 Å². The first kappa shape index (κ1) is 12.8. The molecular formula is C11H8BrClINS. The van der Waals surface area contributed by atoms with Gasteiger partial charge < -0.3 is 5.73 Å². The smallest absolute Gasteiger partial charge is 0.0702 e. The van der Waals surface area contributed by atoms with E-state index in [2.05, 4.69) is 38.5 Å². The van der Waals surface area contributed by atoms with E-state index < -0.39 is 0 Å². The summed E-state index contributed by atoms with van der Waals surface area (Å²) >= 11 is 13.4. The molecule has 1 atom stereocenters. The summed E-state index contributed by atoms with van der Waals surface area (Å²) in [5.74, 6) is 0. The molecule has 0 aliphatic carbocycles. The average Bonchev–Trinajstić information content (AvgIpc) is 2.68. The van der Waals surface area contributed by atoms with Crippen LogP contribution >= 0.6 is 61.5 Å². The van der Waals surface area contributed by atoms with Crippen LogP contribution in [0.5, 0.6) is 0 Å². The van der Waals surface area contributed by atoms with Crippen molar-refractivity contribution in [2.45, 2.75) is 6.04 Å². The van der Waals surface area contributed by atoms with Gasteiger partial charge in [0, 0.05) is 8.45 Å². The van der Waals surface area contributed by atoms with E-state index in [4.69, 9.17) is 17.3 Å². The monoisotopic (exact) mass is 427 g/mol. The summed E-state index contributed by atoms with van der Waals surface area (Å²) in [7, 11) is 0. The third-order valence-electron chi connectivity index (χ3n) is 2.20. The van der Waals surface area contributed by atoms with E-state index in [1.54, 1.807) is 11.3 Å². The lowest BCUT2D eigenvalue weighted by atomic mass is 10.1. The molecule has 1 unspecified atom stereocenters. The molecule has 0 saturated heterocycles. The SMILES string of the molecule is NC(c1ccc(I)c(Cl)c1)c1ccc(Br)s1. The van der Waals surface area contributed by atoms with Gasteiger partial charge in [-0.05, 0) is 68.3 Å². The lowest BCUT2D eigenvalue weighted by molar-refractivity contribution is 0.893. The third kappa shape index (κ3) is 2.79. The van der Waals surface area contributed by atoms with E-state index in [-0.39, 0.29) is 6.04 Å². The van der Waals surface area contributed by atoms with Crippen molar-refractivity contribution in [1.82, 2.24) is 0 Å². The summed E-state index contributed by atoms with van der Waals surface area (Å²) in [5, 5.41) is 0.754. The van der Waals surface area contributed by atoms with Crippen LogP contribution in [-0.2, 0) is 0 Å². The zero-order valence-electron chi connectivity index (χ0n) is 8.08. The molecule has 0 aliphatic heterocycles. The van der Waals surface area contributed by atoms with Gasteiger partial charge in [0.05, 0.1) is 14.9 Å². The molecule has 16 heavy (non-hydrogen) atoms. The number of halogens is 3. The molecule has 0 aliphatic rings. The number of benzene rings is 1. The van der Waals surface area contributed by atoms with Crippen molar-refractivity contribution < 1.29 is 0 Å². The van der Waals surface area contributed by atoms with E-state index in [1.807, 2.05) is 30.3 Å². The van der Waals surface area contributed by atoms with Crippen molar-refractivity contribution in [3.8, 4) is 0 Å². The highest BCUT2D eigenvalue weighted by molar-refractivity contribution is 14.1. The number of rotatable bonds is 2. The molecule has 0 saturated carbocycles. The fourth-order valence-electron chi connectivity index (χ4n) is 1.37. The van der Waals surface area contributed by atoms with Gasteiger partial charge in [-0.15, -0.1) is 11.3 Å². The number of hydrogen-bond donors (Lipinski definition) is 1. The predicted molar refractivity (Wildman–Crippen MR) is 82.2 cm³/mol. The molecule has 2 aromatic rings. The molecule has 1 heterocycles. The van der Waals surface area contributed by atoms with Crippen LogP contribution in [0.1, 0.15) is 16.5 Å². The zero-order chi connectivity index (χ0) is 11.7. The lowest BCUT2D eigenvalue weighted by Crippen LogP contribution is -2.10. The first-order valence-corrected chi connectivity index (χ1v) is 7.60. The normalized spacial score (nSPS) is 12.8. The Morgan fingerprint density at radius 2 is 2.06 bits per heavy atom. The Hall–Kier alpha value is 0.380. The fraction of sp³-hybridized carbons (Fsp3) is 0.0909. The largest absolute Gasteiger partial charge is 0.320 e. The molecule has 0 fully saturated rings. The number of thiophene rings is 1. The van der Waals surface area contributed by atoms with E-state index >= 15 is 0 Å². The molecule has 0 spiro atoms. The van der Waals surface area contributed by atoms with Crippen LogP contribution in [0.2, 0.25) is 5.02 Å². The Morgan fingerprint density at radius 3 is 2.62 bits per heavy atom. The minimum atomic E-state index is -0.106. The maximum Gasteiger partial charge on any atom is 0.0702 e. The first-order chi connectivity index (χ1) is 7.58. The van der Waals surface area contributed by atoms with E-state index in [1.165, 1.54) is 0 Å². The maximum absolute atomic E-state index is 6.18. The van der Waals surface area contributed by atoms with Gasteiger partial charge in [-0.3, -0.25) is 0 Å². The molecule has 0 bridgehead atoms. The Kier molecular flexibility index (Phi) is 4.29. The molecule has 84 valence electrons. The van der Waals surface area contributed by atoms with Gasteiger partial charge in [0.25, 0.3) is 0 Å². The second-order valence-electron chi connectivity index (χ2n) is 3.29. The summed E-state index contributed by atoms with van der Waals surface area (Å²) in [6, 6.07) is 9.87. The number of hydrogen-bond acceptors (Lipinski definition) is 2. The lowest BCUT2D eigenvalue weighted by Gasteiger charge is -2.10. The second-order valence-corrected chi connectivity index (χ2v) is 7.36. The van der Waals surface area contributed by atoms with Crippen LogP contribution in [0.4, 0.5) is 0 Å². The van der Waals surface area contributed by atoms with Gasteiger partial charge in [0.15, 0.2) is 0 Å². The van der Waals surface area contributed by atoms with Crippen molar-refractivity contribution in [1.29, 1.82) is 0 Å². The third-order valence-corrected chi connectivity index (χ3v) is 5.48. The van der Waals surface area contributed by atoms with Crippen molar-refractivity contribution >= 4 is 61.5 Å². The summed E-state index contributed by atoms with van der Waals surface area (Å²) in [4.78, 5) is 1.13. The zero-order valence-corrected chi connectivity index (χ0v) is 13.4. The Morgan fingerprint density at radius 1 is 1.31 bits per heavy atom. The van der Waals surface area contributed by atoms with E-state index in [0.717, 1.165) is 22.8 Å². The molecule has 2 rings (SSSR count). The van der Waals surface area contributed by atoms with E-state index in [9.17, 15) is 0 Å². The minimum Gasteiger partial charge on any atom is -0.320 e. The first-order valence-electron chi connectivity index (χ1n) is 4.53. The maximum atomic E-state index is 6.18. The Labute approximate surface area is 125 Å². The average molecular weight is 429 g/mol. The van der Waals surface area contributed by atoms with Crippen molar-refractivity contribution in [2.75, 3.05) is 0 Å². The van der Waals surface area contributed by atoms with Crippen LogP contribution in [-0.4, -0.2) is 0 Å². The highest BCUT2D eigenvalue weighted by Crippen LogP contribution is 2.31. The summed E-state index contributed by atoms with van der Waals surface area (Å²) < 4.78 is 2.14. The van der Waals surface area contributed by atoms with Crippen molar-refractivity contribution in [3.05, 3.63) is 53.2 Å². The summed E-state index contributed by atoms with van der Waals surface area (Å²) in [5.41, 5.74) is 7.22. The molecule has 1 nitrogen and oxygen atoms in total. The van der Waals surface area contributed by atoms with Crippen LogP contribution in [0.15, 0.2) is 34.1 Å². The minimum absolute atomic E-state index is 0.106.